The Labute approximate surface area is 225 Å². The van der Waals surface area contributed by atoms with Crippen LogP contribution >= 0.6 is 11.3 Å². The van der Waals surface area contributed by atoms with Gasteiger partial charge in [-0.05, 0) is 73.3 Å². The van der Waals surface area contributed by atoms with Gasteiger partial charge >= 0.3 is 0 Å². The maximum atomic E-state index is 6.44. The Balaban J connectivity index is 1.15. The molecule has 3 aromatic rings. The molecule has 2 atom stereocenters. The van der Waals surface area contributed by atoms with E-state index in [0.29, 0.717) is 6.61 Å². The Hall–Kier alpha value is -2.41. The van der Waals surface area contributed by atoms with Crippen molar-refractivity contribution in [3.63, 3.8) is 0 Å². The Bertz CT molecular complexity index is 1220. The molecule has 37 heavy (non-hydrogen) atoms. The number of rotatable bonds is 7. The molecule has 2 bridgehead atoms. The lowest BCUT2D eigenvalue weighted by Gasteiger charge is -2.36. The highest BCUT2D eigenvalue weighted by atomic mass is 32.1. The van der Waals surface area contributed by atoms with Crippen molar-refractivity contribution in [1.82, 2.24) is 9.88 Å². The minimum Gasteiger partial charge on any atom is -0.488 e. The Morgan fingerprint density at radius 1 is 1.03 bits per heavy atom. The van der Waals surface area contributed by atoms with Gasteiger partial charge < -0.3 is 14.4 Å². The molecule has 1 aliphatic carbocycles. The van der Waals surface area contributed by atoms with Crippen LogP contribution in [0.4, 0.5) is 5.13 Å². The minimum atomic E-state index is 0.560. The van der Waals surface area contributed by atoms with Crippen LogP contribution in [0.2, 0.25) is 0 Å². The normalized spacial score (nSPS) is 24.0. The zero-order valence-electron chi connectivity index (χ0n) is 22.4. The number of ether oxygens (including phenoxy) is 2. The summed E-state index contributed by atoms with van der Waals surface area (Å²) < 4.78 is 11.9. The van der Waals surface area contributed by atoms with Crippen LogP contribution < -0.4 is 9.64 Å². The summed E-state index contributed by atoms with van der Waals surface area (Å²) in [5.41, 5.74) is 7.22. The van der Waals surface area contributed by atoms with Crippen molar-refractivity contribution < 1.29 is 9.47 Å². The number of hydrogen-bond donors (Lipinski definition) is 0. The predicted molar refractivity (Wildman–Crippen MR) is 151 cm³/mol. The molecule has 2 unspecified atom stereocenters. The van der Waals surface area contributed by atoms with Gasteiger partial charge in [-0.25, -0.2) is 4.98 Å². The molecular weight excluding hydrogens is 478 g/mol. The lowest BCUT2D eigenvalue weighted by atomic mass is 9.87. The number of hydrogen-bond acceptors (Lipinski definition) is 6. The third-order valence-electron chi connectivity index (χ3n) is 8.78. The zero-order chi connectivity index (χ0) is 25.4. The van der Waals surface area contributed by atoms with Crippen LogP contribution in [-0.2, 0) is 17.9 Å². The van der Waals surface area contributed by atoms with Crippen molar-refractivity contribution in [2.45, 2.75) is 46.8 Å². The van der Waals surface area contributed by atoms with Crippen molar-refractivity contribution in [2.24, 2.45) is 17.8 Å². The van der Waals surface area contributed by atoms with Gasteiger partial charge in [-0.15, -0.1) is 11.3 Å². The quantitative estimate of drug-likeness (QED) is 0.367. The monoisotopic (exact) mass is 517 g/mol. The Kier molecular flexibility index (Phi) is 7.24. The molecule has 6 rings (SSSR count). The summed E-state index contributed by atoms with van der Waals surface area (Å²) in [7, 11) is 0. The zero-order valence-corrected chi connectivity index (χ0v) is 23.2. The molecule has 2 saturated heterocycles. The summed E-state index contributed by atoms with van der Waals surface area (Å²) in [6.45, 7) is 14.3. The second-order valence-electron chi connectivity index (χ2n) is 11.3. The minimum absolute atomic E-state index is 0.560. The van der Waals surface area contributed by atoms with Crippen molar-refractivity contribution in [3.8, 4) is 17.0 Å². The molecule has 0 spiro atoms. The second kappa shape index (κ2) is 10.8. The highest BCUT2D eigenvalue weighted by Gasteiger charge is 2.39. The largest absolute Gasteiger partial charge is 0.488 e. The van der Waals surface area contributed by atoms with Gasteiger partial charge in [0.1, 0.15) is 12.4 Å². The first kappa shape index (κ1) is 24.9. The van der Waals surface area contributed by atoms with Crippen LogP contribution in [0.3, 0.4) is 0 Å². The van der Waals surface area contributed by atoms with E-state index in [4.69, 9.17) is 14.5 Å². The lowest BCUT2D eigenvalue weighted by Crippen LogP contribution is -2.40. The van der Waals surface area contributed by atoms with Gasteiger partial charge in [0.25, 0.3) is 0 Å². The van der Waals surface area contributed by atoms with Crippen LogP contribution in [0.15, 0.2) is 41.8 Å². The number of fused-ring (bicyclic) bond motifs is 2. The predicted octanol–water partition coefficient (Wildman–Crippen LogP) is 6.32. The smallest absolute Gasteiger partial charge is 0.185 e. The van der Waals surface area contributed by atoms with Gasteiger partial charge in [-0.3, -0.25) is 4.90 Å². The number of anilines is 1. The van der Waals surface area contributed by atoms with E-state index in [1.165, 1.54) is 35.1 Å². The van der Waals surface area contributed by atoms with E-state index in [1.807, 2.05) is 0 Å². The molecule has 0 radical (unpaired) electrons. The molecule has 0 amide bonds. The summed E-state index contributed by atoms with van der Waals surface area (Å²) in [5, 5.41) is 3.38. The standard InChI is InChI=1S/C31H39N3O2S/c1-21-4-9-30(36-19-27-6-5-24(15-22(27)2)16-33-10-12-35-13-11-33)28(14-21)29-20-37-31(32-29)34-17-25-7-8-26(18-34)23(25)3/h4-6,9,14-15,20,23,25-26H,7-8,10-13,16-19H2,1-3H3. The van der Waals surface area contributed by atoms with E-state index in [1.54, 1.807) is 11.3 Å². The van der Waals surface area contributed by atoms with E-state index < -0.39 is 0 Å². The molecule has 3 aliphatic rings. The SMILES string of the molecule is Cc1ccc(OCc2ccc(CN3CCOCC3)cc2C)c(-c2csc(N3CC4CCC(C3)C4C)n2)c1. The van der Waals surface area contributed by atoms with Crippen molar-refractivity contribution in [1.29, 1.82) is 0 Å². The molecule has 3 heterocycles. The fourth-order valence-electron chi connectivity index (χ4n) is 6.35. The molecule has 0 N–H and O–H groups in total. The third-order valence-corrected chi connectivity index (χ3v) is 9.68. The molecule has 2 aromatic carbocycles. The summed E-state index contributed by atoms with van der Waals surface area (Å²) in [4.78, 5) is 10.1. The van der Waals surface area contributed by atoms with Crippen LogP contribution in [0.5, 0.6) is 5.75 Å². The maximum absolute atomic E-state index is 6.44. The van der Waals surface area contributed by atoms with Crippen LogP contribution in [0.1, 0.15) is 42.0 Å². The van der Waals surface area contributed by atoms with Crippen molar-refractivity contribution in [2.75, 3.05) is 44.3 Å². The fourth-order valence-corrected chi connectivity index (χ4v) is 7.19. The first-order valence-electron chi connectivity index (χ1n) is 13.9. The summed E-state index contributed by atoms with van der Waals surface area (Å²) >= 11 is 1.78. The molecule has 1 aromatic heterocycles. The molecular formula is C31H39N3O2S. The van der Waals surface area contributed by atoms with E-state index >= 15 is 0 Å². The third kappa shape index (κ3) is 5.43. The first-order chi connectivity index (χ1) is 18.0. The number of morpholine rings is 1. The molecule has 3 fully saturated rings. The van der Waals surface area contributed by atoms with Gasteiger partial charge in [-0.2, -0.15) is 0 Å². The van der Waals surface area contributed by atoms with E-state index in [-0.39, 0.29) is 0 Å². The first-order valence-corrected chi connectivity index (χ1v) is 14.7. The van der Waals surface area contributed by atoms with Gasteiger partial charge in [0.2, 0.25) is 0 Å². The molecule has 196 valence electrons. The highest BCUT2D eigenvalue weighted by molar-refractivity contribution is 7.14. The van der Waals surface area contributed by atoms with Crippen LogP contribution in [0.25, 0.3) is 11.3 Å². The van der Waals surface area contributed by atoms with E-state index in [0.717, 1.165) is 85.8 Å². The molecule has 2 aliphatic heterocycles. The van der Waals surface area contributed by atoms with Crippen molar-refractivity contribution >= 4 is 16.5 Å². The van der Waals surface area contributed by atoms with Gasteiger partial charge in [0, 0.05) is 43.7 Å². The highest BCUT2D eigenvalue weighted by Crippen LogP contribution is 2.44. The second-order valence-corrected chi connectivity index (χ2v) is 12.2. The molecule has 6 heteroatoms. The fraction of sp³-hybridized carbons (Fsp3) is 0.516. The number of piperidine rings is 1. The molecule has 5 nitrogen and oxygen atoms in total. The maximum Gasteiger partial charge on any atom is 0.185 e. The number of aryl methyl sites for hydroxylation is 2. The molecule has 1 saturated carbocycles. The van der Waals surface area contributed by atoms with Crippen LogP contribution in [0, 0.1) is 31.6 Å². The van der Waals surface area contributed by atoms with Gasteiger partial charge in [0.05, 0.1) is 18.9 Å². The topological polar surface area (TPSA) is 37.8 Å². The lowest BCUT2D eigenvalue weighted by molar-refractivity contribution is 0.0342. The van der Waals surface area contributed by atoms with Crippen LogP contribution in [-0.4, -0.2) is 49.3 Å². The number of aromatic nitrogens is 1. The van der Waals surface area contributed by atoms with E-state index in [2.05, 4.69) is 72.3 Å². The average molecular weight is 518 g/mol. The Morgan fingerprint density at radius 2 is 1.81 bits per heavy atom. The van der Waals surface area contributed by atoms with Gasteiger partial charge in [-0.1, -0.05) is 36.8 Å². The average Bonchev–Trinajstić information content (AvgIpc) is 3.45. The summed E-state index contributed by atoms with van der Waals surface area (Å²) in [6, 6.07) is 13.2. The number of benzene rings is 2. The van der Waals surface area contributed by atoms with Crippen molar-refractivity contribution in [3.05, 3.63) is 64.0 Å². The number of nitrogens with zero attached hydrogens (tertiary/aromatic N) is 3. The Morgan fingerprint density at radius 3 is 2.57 bits per heavy atom. The summed E-state index contributed by atoms with van der Waals surface area (Å²) in [5.74, 6) is 3.43. The van der Waals surface area contributed by atoms with E-state index in [9.17, 15) is 0 Å². The van der Waals surface area contributed by atoms with Gasteiger partial charge in [0.15, 0.2) is 5.13 Å². The number of thiazole rings is 1. The summed E-state index contributed by atoms with van der Waals surface area (Å²) in [6.07, 6.45) is 2.76.